The molecule has 2 unspecified atom stereocenters. The van der Waals surface area contributed by atoms with Crippen molar-refractivity contribution in [2.75, 3.05) is 6.54 Å². The first kappa shape index (κ1) is 39.6. The number of rotatable bonds is 7. The molecule has 1 aromatic rings. The summed E-state index contributed by atoms with van der Waals surface area (Å²) in [6.07, 6.45) is 2.39. The zero-order chi connectivity index (χ0) is 39.1. The molecule has 1 aromatic carbocycles. The van der Waals surface area contributed by atoms with E-state index in [9.17, 15) is 40.8 Å². The number of aryl methyl sites for hydroxylation is 1. The Morgan fingerprint density at radius 3 is 2.35 bits per heavy atom. The molecule has 6 aliphatic rings. The van der Waals surface area contributed by atoms with Crippen molar-refractivity contribution in [3.8, 4) is 0 Å². The van der Waals surface area contributed by atoms with E-state index in [1.54, 1.807) is 4.90 Å². The molecule has 3 N–H and O–H groups in total. The van der Waals surface area contributed by atoms with E-state index < -0.39 is 86.9 Å². The molecule has 3 aliphatic carbocycles. The van der Waals surface area contributed by atoms with Crippen LogP contribution in [0.15, 0.2) is 30.9 Å². The highest BCUT2D eigenvalue weighted by Crippen LogP contribution is 2.46. The molecule has 6 atom stereocenters. The summed E-state index contributed by atoms with van der Waals surface area (Å²) in [5, 5.41) is 4.76. The van der Waals surface area contributed by atoms with Crippen LogP contribution in [0.2, 0.25) is 0 Å². The third-order valence-corrected chi connectivity index (χ3v) is 14.4. The number of nitrogens with one attached hydrogen (secondary N) is 3. The molecule has 3 saturated carbocycles. The van der Waals surface area contributed by atoms with E-state index in [-0.39, 0.29) is 25.8 Å². The van der Waals surface area contributed by atoms with Gasteiger partial charge in [0, 0.05) is 25.4 Å². The number of hydrogen-bond donors (Lipinski definition) is 3. The Morgan fingerprint density at radius 1 is 0.964 bits per heavy atom. The van der Waals surface area contributed by atoms with Gasteiger partial charge in [0.25, 0.3) is 5.91 Å². The lowest BCUT2D eigenvalue weighted by atomic mass is 9.82. The zero-order valence-corrected chi connectivity index (χ0v) is 31.9. The van der Waals surface area contributed by atoms with Crippen LogP contribution in [0, 0.1) is 11.8 Å². The lowest BCUT2D eigenvalue weighted by Crippen LogP contribution is -2.61. The number of hydrogen-bond acceptors (Lipinski definition) is 8. The summed E-state index contributed by atoms with van der Waals surface area (Å²) in [4.78, 5) is 59.0. The number of nitrogens with zero attached hydrogens (tertiary/aromatic N) is 2. The molecule has 16 heteroatoms. The van der Waals surface area contributed by atoms with E-state index in [2.05, 4.69) is 21.9 Å². The average molecular weight is 792 g/mol. The van der Waals surface area contributed by atoms with Crippen LogP contribution in [0.4, 0.5) is 18.0 Å². The fraction of sp³-hybridized carbons (Fsp3) is 0.692. The van der Waals surface area contributed by atoms with Gasteiger partial charge in [-0.2, -0.15) is 13.2 Å². The lowest BCUT2D eigenvalue weighted by Gasteiger charge is -2.37. The zero-order valence-electron chi connectivity index (χ0n) is 31.1. The monoisotopic (exact) mass is 791 g/mol. The van der Waals surface area contributed by atoms with Crippen molar-refractivity contribution in [3.05, 3.63) is 47.5 Å². The second-order valence-electron chi connectivity index (χ2n) is 16.4. The minimum Gasteiger partial charge on any atom is -0.444 e. The van der Waals surface area contributed by atoms with Gasteiger partial charge in [0.15, 0.2) is 0 Å². The molecule has 302 valence electrons. The van der Waals surface area contributed by atoms with Crippen molar-refractivity contribution >= 4 is 33.8 Å². The van der Waals surface area contributed by atoms with Crippen LogP contribution >= 0.6 is 0 Å². The van der Waals surface area contributed by atoms with Crippen molar-refractivity contribution in [3.63, 3.8) is 0 Å². The number of carbonyl (C=O) groups is 4. The number of sulfonamides is 1. The number of benzene rings is 1. The van der Waals surface area contributed by atoms with Gasteiger partial charge in [-0.1, -0.05) is 62.8 Å². The summed E-state index contributed by atoms with van der Waals surface area (Å²) in [5.41, 5.74) is 1.47. The molecule has 0 spiro atoms. The molecule has 0 radical (unpaired) electrons. The number of amides is 4. The molecule has 12 nitrogen and oxygen atoms in total. The molecule has 4 bridgehead atoms. The summed E-state index contributed by atoms with van der Waals surface area (Å²) >= 11 is 0. The van der Waals surface area contributed by atoms with Crippen molar-refractivity contribution in [1.29, 1.82) is 0 Å². The molecule has 7 rings (SSSR count). The van der Waals surface area contributed by atoms with E-state index in [0.29, 0.717) is 51.6 Å². The Hall–Kier alpha value is -3.66. The number of alkyl halides is 3. The standard InChI is InChI=1S/C39H52F3N5O7S/c1-2-27-20-38(27,36(50)45-55(52,53)29-17-18-29)44-34(48)31-19-28-22-47(31)35(49)33(25-12-7-5-8-13-25)43-32(39(40,41)42)16-9-4-3-6-11-24-14-10-15-26-21-46(23-30(24)26)37(51)54-28/h2,10,14-15,25,27-29,31-33,43H,1,3-9,11-13,16-23H2,(H,44,48)(H,45,50)/t27-,28?,31-,32?,33-,38+/m0/s1. The Balaban J connectivity index is 1.19. The maximum Gasteiger partial charge on any atom is 0.410 e. The Labute approximate surface area is 320 Å². The largest absolute Gasteiger partial charge is 0.444 e. The molecular formula is C39H52F3N5O7S. The van der Waals surface area contributed by atoms with Crippen LogP contribution < -0.4 is 15.4 Å². The molecule has 0 aromatic heterocycles. The number of carbonyl (C=O) groups excluding carboxylic acids is 4. The first-order valence-corrected chi connectivity index (χ1v) is 21.4. The van der Waals surface area contributed by atoms with Crippen LogP contribution in [0.3, 0.4) is 0 Å². The summed E-state index contributed by atoms with van der Waals surface area (Å²) in [7, 11) is -3.96. The topological polar surface area (TPSA) is 154 Å². The minimum absolute atomic E-state index is 0.0738. The van der Waals surface area contributed by atoms with E-state index in [4.69, 9.17) is 4.74 Å². The van der Waals surface area contributed by atoms with E-state index in [0.717, 1.165) is 55.2 Å². The first-order valence-electron chi connectivity index (χ1n) is 19.9. The highest BCUT2D eigenvalue weighted by Gasteiger charge is 2.62. The Kier molecular flexibility index (Phi) is 11.3. The van der Waals surface area contributed by atoms with Crippen molar-refractivity contribution in [2.45, 2.75) is 151 Å². The lowest BCUT2D eigenvalue weighted by molar-refractivity contribution is -0.164. The second kappa shape index (κ2) is 15.7. The SMILES string of the molecule is C=C[C@H]1C[C@]1(NC(=O)[C@@H]1CC2CN1C(=O)[C@H](C1CCCCC1)NC(C(F)(F)F)CCCCCCc1cccc3c1CN(C3)C(=O)O2)C(=O)NS(=O)(=O)C1CC1. The third-order valence-electron chi connectivity index (χ3n) is 12.6. The highest BCUT2D eigenvalue weighted by atomic mass is 32.2. The smallest absolute Gasteiger partial charge is 0.410 e. The average Bonchev–Trinajstić information content (AvgIpc) is 4.04. The summed E-state index contributed by atoms with van der Waals surface area (Å²) in [6, 6.07) is 1.39. The maximum atomic E-state index is 14.7. The normalized spacial score (nSPS) is 31.1. The number of fused-ring (bicyclic) bond motifs is 3. The maximum absolute atomic E-state index is 14.7. The molecule has 4 fully saturated rings. The Morgan fingerprint density at radius 2 is 1.65 bits per heavy atom. The predicted octanol–water partition coefficient (Wildman–Crippen LogP) is 4.75. The van der Waals surface area contributed by atoms with Crippen LogP contribution in [-0.4, -0.2) is 89.8 Å². The highest BCUT2D eigenvalue weighted by molar-refractivity contribution is 7.91. The van der Waals surface area contributed by atoms with Gasteiger partial charge in [0.1, 0.15) is 23.7 Å². The van der Waals surface area contributed by atoms with Gasteiger partial charge in [-0.3, -0.25) is 29.3 Å². The van der Waals surface area contributed by atoms with Gasteiger partial charge in [0.05, 0.1) is 17.8 Å². The first-order chi connectivity index (χ1) is 26.2. The third kappa shape index (κ3) is 8.54. The number of halogens is 3. The van der Waals surface area contributed by atoms with E-state index in [1.165, 1.54) is 11.0 Å². The fourth-order valence-corrected chi connectivity index (χ4v) is 10.5. The quantitative estimate of drug-likeness (QED) is 0.335. The van der Waals surface area contributed by atoms with Crippen LogP contribution in [0.1, 0.15) is 107 Å². The van der Waals surface area contributed by atoms with Gasteiger partial charge in [-0.25, -0.2) is 13.2 Å². The van der Waals surface area contributed by atoms with Crippen LogP contribution in [0.5, 0.6) is 0 Å². The van der Waals surface area contributed by atoms with Gasteiger partial charge in [-0.05, 0) is 74.0 Å². The second-order valence-corrected chi connectivity index (χ2v) is 18.4. The minimum atomic E-state index is -4.63. The van der Waals surface area contributed by atoms with Gasteiger partial charge >= 0.3 is 12.3 Å². The van der Waals surface area contributed by atoms with Gasteiger partial charge in [-0.15, -0.1) is 6.58 Å². The van der Waals surface area contributed by atoms with E-state index in [1.807, 2.05) is 18.2 Å². The number of ether oxygens (including phenoxy) is 1. The van der Waals surface area contributed by atoms with Gasteiger partial charge < -0.3 is 15.0 Å². The van der Waals surface area contributed by atoms with E-state index >= 15 is 0 Å². The predicted molar refractivity (Wildman–Crippen MR) is 195 cm³/mol. The summed E-state index contributed by atoms with van der Waals surface area (Å²) in [5.74, 6) is -3.40. The Bertz CT molecular complexity index is 1780. The molecule has 55 heavy (non-hydrogen) atoms. The van der Waals surface area contributed by atoms with Gasteiger partial charge in [0.2, 0.25) is 21.8 Å². The van der Waals surface area contributed by atoms with Crippen LogP contribution in [0.25, 0.3) is 0 Å². The summed E-state index contributed by atoms with van der Waals surface area (Å²) in [6.45, 7) is 4.16. The van der Waals surface area contributed by atoms with Crippen molar-refractivity contribution < 1.29 is 45.5 Å². The molecule has 3 heterocycles. The van der Waals surface area contributed by atoms with Crippen LogP contribution in [-0.2, 0) is 48.7 Å². The van der Waals surface area contributed by atoms with Crippen molar-refractivity contribution in [1.82, 2.24) is 25.2 Å². The summed E-state index contributed by atoms with van der Waals surface area (Å²) < 4.78 is 77.6. The molecule has 4 amide bonds. The van der Waals surface area contributed by atoms with Crippen molar-refractivity contribution in [2.24, 2.45) is 11.8 Å². The molecular weight excluding hydrogens is 740 g/mol. The molecule has 1 saturated heterocycles. The molecule has 3 aliphatic heterocycles. The fourth-order valence-electron chi connectivity index (χ4n) is 9.10.